The number of aliphatic hydroxyl groups excluding tert-OH is 2. The Morgan fingerprint density at radius 1 is 1.14 bits per heavy atom. The molecule has 4 N–H and O–H groups in total. The van der Waals surface area contributed by atoms with Crippen LogP contribution in [-0.4, -0.2) is 51.4 Å². The lowest BCUT2D eigenvalue weighted by Crippen LogP contribution is -2.29. The van der Waals surface area contributed by atoms with Crippen molar-refractivity contribution in [3.8, 4) is 0 Å². The summed E-state index contributed by atoms with van der Waals surface area (Å²) in [5, 5.41) is 18.8. The maximum Gasteiger partial charge on any atom is 0.231 e. The van der Waals surface area contributed by atoms with E-state index in [1.807, 2.05) is 18.7 Å². The fourth-order valence-corrected chi connectivity index (χ4v) is 2.30. The maximum atomic E-state index is 9.09. The quantitative estimate of drug-likeness (QED) is 0.686. The van der Waals surface area contributed by atoms with Gasteiger partial charge in [0.05, 0.1) is 18.5 Å². The van der Waals surface area contributed by atoms with Gasteiger partial charge in [-0.2, -0.15) is 4.98 Å². The summed E-state index contributed by atoms with van der Waals surface area (Å²) in [5.74, 6) is 1.76. The van der Waals surface area contributed by atoms with E-state index in [0.717, 1.165) is 16.7 Å². The van der Waals surface area contributed by atoms with Crippen LogP contribution in [-0.2, 0) is 6.54 Å². The minimum absolute atomic E-state index is 0.0438. The van der Waals surface area contributed by atoms with Crippen molar-refractivity contribution in [1.82, 2.24) is 14.9 Å². The number of nitrogens with zero attached hydrogens (tertiary/aromatic N) is 3. The van der Waals surface area contributed by atoms with Gasteiger partial charge in [-0.05, 0) is 20.3 Å². The summed E-state index contributed by atoms with van der Waals surface area (Å²) in [6, 6.07) is 0. The topological polar surface area (TPSA) is 109 Å². The third-order valence-corrected chi connectivity index (χ3v) is 3.52. The Bertz CT molecular complexity index is 612. The van der Waals surface area contributed by atoms with Crippen molar-refractivity contribution in [2.24, 2.45) is 0 Å². The van der Waals surface area contributed by atoms with Gasteiger partial charge in [-0.25, -0.2) is 4.98 Å². The molecule has 21 heavy (non-hydrogen) atoms. The molecule has 0 spiro atoms. The smallest absolute Gasteiger partial charge is 0.231 e. The maximum absolute atomic E-state index is 9.09. The van der Waals surface area contributed by atoms with Gasteiger partial charge in [0.25, 0.3) is 0 Å². The minimum atomic E-state index is 0.0438. The van der Waals surface area contributed by atoms with Crippen molar-refractivity contribution >= 4 is 16.9 Å². The lowest BCUT2D eigenvalue weighted by Gasteiger charge is -2.19. The molecule has 7 heteroatoms. The molecule has 0 aliphatic heterocycles. The van der Waals surface area contributed by atoms with Crippen molar-refractivity contribution in [2.45, 2.75) is 26.8 Å². The SMILES string of the molecule is Cc1oc2nc(CN(CCO)CCCO)nc(N)c2c1C. The van der Waals surface area contributed by atoms with Crippen LogP contribution in [0.3, 0.4) is 0 Å². The molecule has 0 unspecified atom stereocenters. The van der Waals surface area contributed by atoms with E-state index in [2.05, 4.69) is 9.97 Å². The Labute approximate surface area is 123 Å². The summed E-state index contributed by atoms with van der Waals surface area (Å²) in [6.45, 7) is 5.57. The Morgan fingerprint density at radius 3 is 2.57 bits per heavy atom. The number of anilines is 1. The molecule has 0 saturated heterocycles. The van der Waals surface area contributed by atoms with Crippen LogP contribution in [0.25, 0.3) is 11.1 Å². The lowest BCUT2D eigenvalue weighted by atomic mass is 10.2. The van der Waals surface area contributed by atoms with Crippen molar-refractivity contribution < 1.29 is 14.6 Å². The molecule has 2 aromatic rings. The molecular formula is C14H22N4O3. The molecule has 0 bridgehead atoms. The van der Waals surface area contributed by atoms with E-state index >= 15 is 0 Å². The van der Waals surface area contributed by atoms with Gasteiger partial charge in [0.15, 0.2) is 0 Å². The van der Waals surface area contributed by atoms with E-state index in [-0.39, 0.29) is 13.2 Å². The highest BCUT2D eigenvalue weighted by Gasteiger charge is 2.15. The standard InChI is InChI=1S/C14H22N4O3/c1-9-10(2)21-14-12(9)13(15)16-11(17-14)8-18(5-7-20)4-3-6-19/h19-20H,3-8H2,1-2H3,(H2,15,16,17). The van der Waals surface area contributed by atoms with Crippen LogP contribution in [0.15, 0.2) is 4.42 Å². The lowest BCUT2D eigenvalue weighted by molar-refractivity contribution is 0.171. The monoisotopic (exact) mass is 294 g/mol. The molecule has 0 atom stereocenters. The van der Waals surface area contributed by atoms with Gasteiger partial charge in [0.1, 0.15) is 17.4 Å². The van der Waals surface area contributed by atoms with Gasteiger partial charge in [-0.3, -0.25) is 4.90 Å². The number of nitrogen functional groups attached to an aromatic ring is 1. The highest BCUT2D eigenvalue weighted by Crippen LogP contribution is 2.27. The molecule has 0 aliphatic rings. The summed E-state index contributed by atoms with van der Waals surface area (Å²) >= 11 is 0. The van der Waals surface area contributed by atoms with E-state index in [9.17, 15) is 0 Å². The van der Waals surface area contributed by atoms with Crippen LogP contribution >= 0.6 is 0 Å². The fourth-order valence-electron chi connectivity index (χ4n) is 2.30. The van der Waals surface area contributed by atoms with Crippen LogP contribution in [0.1, 0.15) is 23.6 Å². The van der Waals surface area contributed by atoms with Crippen molar-refractivity contribution in [3.05, 3.63) is 17.1 Å². The molecular weight excluding hydrogens is 272 g/mol. The molecule has 7 nitrogen and oxygen atoms in total. The number of furan rings is 1. The normalized spacial score (nSPS) is 11.7. The van der Waals surface area contributed by atoms with Gasteiger partial charge in [0, 0.05) is 25.3 Å². The molecule has 0 fully saturated rings. The Balaban J connectivity index is 2.25. The number of aromatic nitrogens is 2. The molecule has 2 heterocycles. The van der Waals surface area contributed by atoms with Gasteiger partial charge < -0.3 is 20.4 Å². The van der Waals surface area contributed by atoms with Crippen LogP contribution in [0.2, 0.25) is 0 Å². The zero-order chi connectivity index (χ0) is 15.4. The van der Waals surface area contributed by atoms with Crippen molar-refractivity contribution in [3.63, 3.8) is 0 Å². The van der Waals surface area contributed by atoms with Crippen molar-refractivity contribution in [1.29, 1.82) is 0 Å². The van der Waals surface area contributed by atoms with E-state index in [1.54, 1.807) is 0 Å². The van der Waals surface area contributed by atoms with Crippen LogP contribution < -0.4 is 5.73 Å². The van der Waals surface area contributed by atoms with E-state index in [4.69, 9.17) is 20.4 Å². The predicted molar refractivity (Wildman–Crippen MR) is 79.8 cm³/mol. The number of fused-ring (bicyclic) bond motifs is 1. The number of hydrogen-bond acceptors (Lipinski definition) is 7. The second-order valence-corrected chi connectivity index (χ2v) is 5.07. The zero-order valence-electron chi connectivity index (χ0n) is 12.5. The Hall–Kier alpha value is -1.70. The summed E-state index contributed by atoms with van der Waals surface area (Å²) in [4.78, 5) is 10.7. The first-order chi connectivity index (χ1) is 10.1. The summed E-state index contributed by atoms with van der Waals surface area (Å²) < 4.78 is 5.60. The Morgan fingerprint density at radius 2 is 1.90 bits per heavy atom. The zero-order valence-corrected chi connectivity index (χ0v) is 12.5. The average molecular weight is 294 g/mol. The highest BCUT2D eigenvalue weighted by atomic mass is 16.3. The Kier molecular flexibility index (Phi) is 5.11. The molecule has 0 aromatic carbocycles. The number of aliphatic hydroxyl groups is 2. The largest absolute Gasteiger partial charge is 0.443 e. The van der Waals surface area contributed by atoms with E-state index in [1.165, 1.54) is 0 Å². The van der Waals surface area contributed by atoms with Crippen molar-refractivity contribution in [2.75, 3.05) is 32.0 Å². The molecule has 116 valence electrons. The second kappa shape index (κ2) is 6.84. The number of rotatable bonds is 7. The van der Waals surface area contributed by atoms with Gasteiger partial charge in [-0.1, -0.05) is 0 Å². The average Bonchev–Trinajstić information content (AvgIpc) is 2.72. The highest BCUT2D eigenvalue weighted by molar-refractivity contribution is 5.88. The first-order valence-electron chi connectivity index (χ1n) is 7.03. The summed E-state index contributed by atoms with van der Waals surface area (Å²) in [5.41, 5.74) is 7.46. The van der Waals surface area contributed by atoms with Gasteiger partial charge in [-0.15, -0.1) is 0 Å². The minimum Gasteiger partial charge on any atom is -0.443 e. The first-order valence-corrected chi connectivity index (χ1v) is 7.03. The van der Waals surface area contributed by atoms with Gasteiger partial charge >= 0.3 is 0 Å². The summed E-state index contributed by atoms with van der Waals surface area (Å²) in [7, 11) is 0. The van der Waals surface area contributed by atoms with E-state index in [0.29, 0.717) is 43.4 Å². The third-order valence-electron chi connectivity index (χ3n) is 3.52. The van der Waals surface area contributed by atoms with Crippen LogP contribution in [0, 0.1) is 13.8 Å². The molecule has 2 aromatic heterocycles. The number of hydrogen-bond donors (Lipinski definition) is 3. The molecule has 0 amide bonds. The van der Waals surface area contributed by atoms with Crippen LogP contribution in [0.5, 0.6) is 0 Å². The molecule has 0 aliphatic carbocycles. The molecule has 0 radical (unpaired) electrons. The number of nitrogens with two attached hydrogens (primary N) is 1. The second-order valence-electron chi connectivity index (χ2n) is 5.07. The van der Waals surface area contributed by atoms with Gasteiger partial charge in [0.2, 0.25) is 5.71 Å². The van der Waals surface area contributed by atoms with Crippen LogP contribution in [0.4, 0.5) is 5.82 Å². The molecule has 2 rings (SSSR count). The predicted octanol–water partition coefficient (Wildman–Crippen LogP) is 0.599. The van der Waals surface area contributed by atoms with E-state index < -0.39 is 0 Å². The number of aryl methyl sites for hydroxylation is 2. The third kappa shape index (κ3) is 3.49. The summed E-state index contributed by atoms with van der Waals surface area (Å²) in [6.07, 6.45) is 0.636. The fraction of sp³-hybridized carbons (Fsp3) is 0.571. The first kappa shape index (κ1) is 15.7. The molecule has 0 saturated carbocycles.